The molecule has 3 atom stereocenters. The van der Waals surface area contributed by atoms with E-state index in [4.69, 9.17) is 14.2 Å². The summed E-state index contributed by atoms with van der Waals surface area (Å²) in [5, 5.41) is 0. The van der Waals surface area contributed by atoms with Gasteiger partial charge in [0.05, 0.1) is 13.2 Å². The lowest BCUT2D eigenvalue weighted by Crippen LogP contribution is -2.50. The van der Waals surface area contributed by atoms with Gasteiger partial charge in [-0.2, -0.15) is 0 Å². The lowest BCUT2D eigenvalue weighted by atomic mass is 9.58. The molecule has 0 N–H and O–H groups in total. The van der Waals surface area contributed by atoms with Gasteiger partial charge in [-0.1, -0.05) is 41.5 Å². The van der Waals surface area contributed by atoms with Gasteiger partial charge < -0.3 is 14.2 Å². The maximum atomic E-state index is 11.8. The van der Waals surface area contributed by atoms with E-state index in [0.717, 1.165) is 12.8 Å². The molecule has 0 radical (unpaired) electrons. The van der Waals surface area contributed by atoms with Crippen molar-refractivity contribution in [3.8, 4) is 0 Å². The second-order valence-corrected chi connectivity index (χ2v) is 10.1. The van der Waals surface area contributed by atoms with Gasteiger partial charge in [0.1, 0.15) is 6.10 Å². The van der Waals surface area contributed by atoms with E-state index in [9.17, 15) is 9.59 Å². The summed E-state index contributed by atoms with van der Waals surface area (Å²) >= 11 is 0. The molecule has 5 heteroatoms. The molecule has 5 nitrogen and oxygen atoms in total. The first-order valence-electron chi connectivity index (χ1n) is 9.85. The summed E-state index contributed by atoms with van der Waals surface area (Å²) in [5.41, 5.74) is 0.0448. The van der Waals surface area contributed by atoms with Crippen LogP contribution < -0.4 is 0 Å². The molecule has 2 fully saturated rings. The first kappa shape index (κ1) is 21.2. The number of cyclic esters (lactones) is 1. The van der Waals surface area contributed by atoms with Crippen LogP contribution in [0.2, 0.25) is 0 Å². The quantitative estimate of drug-likeness (QED) is 0.702. The number of rotatable bonds is 4. The predicted octanol–water partition coefficient (Wildman–Crippen LogP) is 3.98. The molecule has 150 valence electrons. The minimum absolute atomic E-state index is 0.0224. The van der Waals surface area contributed by atoms with Crippen LogP contribution in [-0.4, -0.2) is 37.4 Å². The molecule has 1 saturated heterocycles. The van der Waals surface area contributed by atoms with Crippen molar-refractivity contribution < 1.29 is 23.8 Å². The van der Waals surface area contributed by atoms with Crippen molar-refractivity contribution in [1.29, 1.82) is 0 Å². The monoisotopic (exact) mass is 368 g/mol. The van der Waals surface area contributed by atoms with Crippen molar-refractivity contribution in [3.63, 3.8) is 0 Å². The van der Waals surface area contributed by atoms with Gasteiger partial charge in [0, 0.05) is 25.2 Å². The third-order valence-electron chi connectivity index (χ3n) is 5.91. The lowest BCUT2D eigenvalue weighted by molar-refractivity contribution is -0.170. The minimum Gasteiger partial charge on any atom is -0.464 e. The Morgan fingerprint density at radius 3 is 2.00 bits per heavy atom. The molecule has 1 heterocycles. The van der Waals surface area contributed by atoms with Gasteiger partial charge in [0.2, 0.25) is 0 Å². The Balaban J connectivity index is 2.17. The van der Waals surface area contributed by atoms with Crippen LogP contribution in [0.3, 0.4) is 0 Å². The SMILES string of the molecule is CC(=O)OC1C(C(C)(C)C)CC(COC2CCOC2=O)CC1C(C)(C)C. The molecule has 26 heavy (non-hydrogen) atoms. The van der Waals surface area contributed by atoms with Crippen LogP contribution in [0.4, 0.5) is 0 Å². The number of ether oxygens (including phenoxy) is 3. The first-order chi connectivity index (χ1) is 11.9. The number of carbonyl (C=O) groups excluding carboxylic acids is 2. The van der Waals surface area contributed by atoms with Crippen molar-refractivity contribution in [3.05, 3.63) is 0 Å². The molecule has 0 spiro atoms. The summed E-state index contributed by atoms with van der Waals surface area (Å²) < 4.78 is 16.8. The largest absolute Gasteiger partial charge is 0.464 e. The Hall–Kier alpha value is -1.10. The molecule has 1 aliphatic heterocycles. The Morgan fingerprint density at radius 2 is 1.62 bits per heavy atom. The van der Waals surface area contributed by atoms with Crippen LogP contribution >= 0.6 is 0 Å². The van der Waals surface area contributed by atoms with E-state index in [1.54, 1.807) is 0 Å². The third-order valence-corrected chi connectivity index (χ3v) is 5.91. The van der Waals surface area contributed by atoms with Gasteiger partial charge in [0.25, 0.3) is 0 Å². The zero-order valence-electron chi connectivity index (χ0n) is 17.5. The van der Waals surface area contributed by atoms with E-state index in [1.807, 2.05) is 0 Å². The Kier molecular flexibility index (Phi) is 6.42. The Bertz CT molecular complexity index is 489. The smallest absolute Gasteiger partial charge is 0.335 e. The van der Waals surface area contributed by atoms with E-state index in [0.29, 0.717) is 25.6 Å². The van der Waals surface area contributed by atoms with Gasteiger partial charge >= 0.3 is 11.9 Å². The van der Waals surface area contributed by atoms with E-state index < -0.39 is 6.10 Å². The summed E-state index contributed by atoms with van der Waals surface area (Å²) in [7, 11) is 0. The summed E-state index contributed by atoms with van der Waals surface area (Å²) in [6.07, 6.45) is 2.03. The molecule has 0 aromatic rings. The Labute approximate surface area is 158 Å². The zero-order chi connectivity index (χ0) is 19.7. The highest BCUT2D eigenvalue weighted by Gasteiger charge is 2.48. The fraction of sp³-hybridized carbons (Fsp3) is 0.905. The van der Waals surface area contributed by atoms with E-state index >= 15 is 0 Å². The van der Waals surface area contributed by atoms with Crippen LogP contribution in [0.25, 0.3) is 0 Å². The molecule has 0 amide bonds. The lowest BCUT2D eigenvalue weighted by Gasteiger charge is -2.50. The number of hydrogen-bond donors (Lipinski definition) is 0. The molecule has 0 bridgehead atoms. The highest BCUT2D eigenvalue weighted by Crippen LogP contribution is 2.49. The van der Waals surface area contributed by atoms with Crippen molar-refractivity contribution in [2.45, 2.75) is 79.9 Å². The summed E-state index contributed by atoms with van der Waals surface area (Å²) in [6, 6.07) is 0. The standard InChI is InChI=1S/C21H36O5/c1-13(22)26-18-15(20(2,3)4)10-14(11-16(18)21(5,6)7)12-25-17-8-9-24-19(17)23/h14-18H,8-12H2,1-7H3. The molecule has 1 saturated carbocycles. The van der Waals surface area contributed by atoms with E-state index in [2.05, 4.69) is 41.5 Å². The molecule has 2 aliphatic rings. The maximum absolute atomic E-state index is 11.8. The van der Waals surface area contributed by atoms with E-state index in [-0.39, 0.29) is 40.7 Å². The molecular weight excluding hydrogens is 332 g/mol. The summed E-state index contributed by atoms with van der Waals surface area (Å²) in [6.45, 7) is 15.8. The fourth-order valence-electron chi connectivity index (χ4n) is 4.43. The minimum atomic E-state index is -0.414. The third kappa shape index (κ3) is 5.21. The van der Waals surface area contributed by atoms with E-state index in [1.165, 1.54) is 6.92 Å². The highest BCUT2D eigenvalue weighted by molar-refractivity contribution is 5.76. The predicted molar refractivity (Wildman–Crippen MR) is 99.5 cm³/mol. The van der Waals surface area contributed by atoms with Gasteiger partial charge in [0.15, 0.2) is 6.10 Å². The second-order valence-electron chi connectivity index (χ2n) is 10.1. The molecule has 2 rings (SSSR count). The van der Waals surface area contributed by atoms with Gasteiger partial charge in [-0.3, -0.25) is 4.79 Å². The normalized spacial score (nSPS) is 33.0. The van der Waals surface area contributed by atoms with Crippen molar-refractivity contribution >= 4 is 11.9 Å². The fourth-order valence-corrected chi connectivity index (χ4v) is 4.43. The average molecular weight is 369 g/mol. The Morgan fingerprint density at radius 1 is 1.08 bits per heavy atom. The van der Waals surface area contributed by atoms with Crippen LogP contribution in [0.1, 0.15) is 67.7 Å². The van der Waals surface area contributed by atoms with Crippen molar-refractivity contribution in [2.75, 3.05) is 13.2 Å². The number of carbonyl (C=O) groups is 2. The number of hydrogen-bond acceptors (Lipinski definition) is 5. The second kappa shape index (κ2) is 7.87. The molecular formula is C21H36O5. The first-order valence-corrected chi connectivity index (χ1v) is 9.85. The van der Waals surface area contributed by atoms with Gasteiger partial charge in [-0.15, -0.1) is 0 Å². The van der Waals surface area contributed by atoms with Crippen LogP contribution in [0, 0.1) is 28.6 Å². The van der Waals surface area contributed by atoms with Crippen molar-refractivity contribution in [2.24, 2.45) is 28.6 Å². The average Bonchev–Trinajstić information content (AvgIpc) is 2.88. The van der Waals surface area contributed by atoms with Crippen LogP contribution in [0.5, 0.6) is 0 Å². The summed E-state index contributed by atoms with van der Waals surface area (Å²) in [5.74, 6) is 0.422. The zero-order valence-corrected chi connectivity index (χ0v) is 17.5. The van der Waals surface area contributed by atoms with Gasteiger partial charge in [-0.25, -0.2) is 4.79 Å². The molecule has 3 unspecified atom stereocenters. The molecule has 0 aromatic carbocycles. The molecule has 1 aliphatic carbocycles. The topological polar surface area (TPSA) is 61.8 Å². The number of esters is 2. The van der Waals surface area contributed by atoms with Gasteiger partial charge in [-0.05, 0) is 29.6 Å². The highest BCUT2D eigenvalue weighted by atomic mass is 16.6. The van der Waals surface area contributed by atoms with Crippen LogP contribution in [0.15, 0.2) is 0 Å². The van der Waals surface area contributed by atoms with Crippen LogP contribution in [-0.2, 0) is 23.8 Å². The molecule has 0 aromatic heterocycles. The summed E-state index contributed by atoms with van der Waals surface area (Å²) in [4.78, 5) is 23.4. The van der Waals surface area contributed by atoms with Crippen molar-refractivity contribution in [1.82, 2.24) is 0 Å². The maximum Gasteiger partial charge on any atom is 0.335 e.